The van der Waals surface area contributed by atoms with Crippen molar-refractivity contribution in [2.24, 2.45) is 0 Å². The van der Waals surface area contributed by atoms with Crippen molar-refractivity contribution < 1.29 is 19.1 Å². The monoisotopic (exact) mass is 421 g/mol. The third-order valence-electron chi connectivity index (χ3n) is 6.53. The molecule has 0 bridgehead atoms. The van der Waals surface area contributed by atoms with Gasteiger partial charge in [0.1, 0.15) is 0 Å². The Morgan fingerprint density at radius 3 is 2.16 bits per heavy atom. The van der Waals surface area contributed by atoms with E-state index in [4.69, 9.17) is 4.74 Å². The summed E-state index contributed by atoms with van der Waals surface area (Å²) in [7, 11) is 0. The van der Waals surface area contributed by atoms with Gasteiger partial charge in [0, 0.05) is 25.6 Å². The van der Waals surface area contributed by atoms with Crippen LogP contribution in [-0.4, -0.2) is 42.3 Å². The highest BCUT2D eigenvalue weighted by Crippen LogP contribution is 2.37. The lowest BCUT2D eigenvalue weighted by molar-refractivity contribution is -0.153. The summed E-state index contributed by atoms with van der Waals surface area (Å²) in [5.41, 5.74) is 1.76. The molecule has 0 radical (unpaired) electrons. The molecule has 1 saturated heterocycles. The summed E-state index contributed by atoms with van der Waals surface area (Å²) in [5.74, 6) is -0.167. The Morgan fingerprint density at radius 1 is 1.00 bits per heavy atom. The van der Waals surface area contributed by atoms with E-state index in [1.165, 1.54) is 5.56 Å². The Hall–Kier alpha value is -2.95. The predicted molar refractivity (Wildman–Crippen MR) is 120 cm³/mol. The number of hydrogen-bond donors (Lipinski definition) is 0. The van der Waals surface area contributed by atoms with Crippen LogP contribution >= 0.6 is 0 Å². The summed E-state index contributed by atoms with van der Waals surface area (Å²) in [6.45, 7) is 6.52. The lowest BCUT2D eigenvalue weighted by Crippen LogP contribution is -2.49. The molecule has 1 atom stereocenters. The number of carbonyl (C=O) groups is 3. The molecule has 0 unspecified atom stereocenters. The van der Waals surface area contributed by atoms with Crippen LogP contribution in [0.5, 0.6) is 0 Å². The highest BCUT2D eigenvalue weighted by Gasteiger charge is 2.44. The van der Waals surface area contributed by atoms with Gasteiger partial charge < -0.3 is 9.64 Å². The van der Waals surface area contributed by atoms with Gasteiger partial charge in [0.25, 0.3) is 0 Å². The number of esters is 1. The second-order valence-electron chi connectivity index (χ2n) is 8.38. The molecule has 0 aromatic heterocycles. The summed E-state index contributed by atoms with van der Waals surface area (Å²) in [6, 6.07) is 17.1. The fourth-order valence-electron chi connectivity index (χ4n) is 4.16. The lowest BCUT2D eigenvalue weighted by Gasteiger charge is -2.40. The van der Waals surface area contributed by atoms with E-state index >= 15 is 0 Å². The Kier molecular flexibility index (Phi) is 7.26. The Bertz CT molecular complexity index is 912. The van der Waals surface area contributed by atoms with Crippen molar-refractivity contribution in [3.8, 4) is 0 Å². The number of Topliss-reactive ketones (excluding diaryl/α,β-unsaturated/α-hetero) is 1. The van der Waals surface area contributed by atoms with E-state index in [1.54, 1.807) is 24.0 Å². The highest BCUT2D eigenvalue weighted by molar-refractivity contribution is 5.98. The Morgan fingerprint density at radius 2 is 1.61 bits per heavy atom. The first-order valence-electron chi connectivity index (χ1n) is 11.0. The number of ether oxygens (including phenoxy) is 1. The molecule has 31 heavy (non-hydrogen) atoms. The minimum Gasteiger partial charge on any atom is -0.457 e. The van der Waals surface area contributed by atoms with Crippen LogP contribution in [-0.2, 0) is 19.7 Å². The summed E-state index contributed by atoms with van der Waals surface area (Å²) < 4.78 is 5.56. The number of piperidine rings is 1. The molecule has 1 heterocycles. The third-order valence-corrected chi connectivity index (χ3v) is 6.53. The van der Waals surface area contributed by atoms with E-state index in [-0.39, 0.29) is 18.3 Å². The zero-order valence-corrected chi connectivity index (χ0v) is 18.6. The van der Waals surface area contributed by atoms with Crippen LogP contribution in [0.4, 0.5) is 0 Å². The molecule has 0 spiro atoms. The zero-order valence-electron chi connectivity index (χ0n) is 18.6. The van der Waals surface area contributed by atoms with Gasteiger partial charge in [-0.2, -0.15) is 0 Å². The number of nitrogens with zero attached hydrogens (tertiary/aromatic N) is 1. The fraction of sp³-hybridized carbons (Fsp3) is 0.423. The number of rotatable bonds is 7. The van der Waals surface area contributed by atoms with Crippen LogP contribution in [0.3, 0.4) is 0 Å². The molecule has 1 aliphatic rings. The van der Waals surface area contributed by atoms with Gasteiger partial charge in [0.05, 0.1) is 5.41 Å². The van der Waals surface area contributed by atoms with Gasteiger partial charge in [-0.3, -0.25) is 14.4 Å². The van der Waals surface area contributed by atoms with Crippen molar-refractivity contribution >= 4 is 17.7 Å². The second kappa shape index (κ2) is 9.90. The van der Waals surface area contributed by atoms with Gasteiger partial charge >= 0.3 is 5.97 Å². The molecular weight excluding hydrogens is 390 g/mol. The van der Waals surface area contributed by atoms with Gasteiger partial charge in [-0.05, 0) is 36.3 Å². The van der Waals surface area contributed by atoms with Crippen molar-refractivity contribution in [3.05, 3.63) is 71.3 Å². The summed E-state index contributed by atoms with van der Waals surface area (Å²) in [6.07, 6.45) is 1.99. The Balaban J connectivity index is 1.71. The smallest absolute Gasteiger partial charge is 0.317 e. The minimum absolute atomic E-state index is 0.00560. The molecule has 1 aliphatic heterocycles. The van der Waals surface area contributed by atoms with Crippen molar-refractivity contribution in [1.82, 2.24) is 4.90 Å². The number of likely N-dealkylation sites (tertiary alicyclic amines) is 1. The number of amides is 1. The first-order chi connectivity index (χ1) is 14.9. The van der Waals surface area contributed by atoms with Crippen LogP contribution in [0.1, 0.15) is 67.4 Å². The summed E-state index contributed by atoms with van der Waals surface area (Å²) >= 11 is 0. The van der Waals surface area contributed by atoms with E-state index in [9.17, 15) is 14.4 Å². The van der Waals surface area contributed by atoms with Crippen molar-refractivity contribution in [2.75, 3.05) is 19.7 Å². The Labute approximate surface area is 184 Å². The number of ketones is 1. The molecule has 0 saturated carbocycles. The maximum absolute atomic E-state index is 13.2. The average Bonchev–Trinajstić information content (AvgIpc) is 2.82. The van der Waals surface area contributed by atoms with Gasteiger partial charge in [-0.25, -0.2) is 0 Å². The zero-order chi connectivity index (χ0) is 22.4. The largest absolute Gasteiger partial charge is 0.457 e. The van der Waals surface area contributed by atoms with Crippen LogP contribution in [0, 0.1) is 0 Å². The fourth-order valence-corrected chi connectivity index (χ4v) is 4.16. The molecular formula is C26H31NO4. The van der Waals surface area contributed by atoms with Gasteiger partial charge in [-0.15, -0.1) is 0 Å². The molecule has 0 N–H and O–H groups in total. The van der Waals surface area contributed by atoms with E-state index < -0.39 is 11.4 Å². The maximum atomic E-state index is 13.2. The molecule has 3 rings (SSSR count). The molecule has 5 heteroatoms. The van der Waals surface area contributed by atoms with Crippen molar-refractivity contribution in [2.45, 2.75) is 51.4 Å². The normalized spacial score (nSPS) is 16.4. The highest BCUT2D eigenvalue weighted by atomic mass is 16.5. The van der Waals surface area contributed by atoms with Crippen LogP contribution in [0.15, 0.2) is 54.6 Å². The first kappa shape index (κ1) is 22.7. The first-order valence-corrected chi connectivity index (χ1v) is 11.0. The summed E-state index contributed by atoms with van der Waals surface area (Å²) in [5, 5.41) is 0. The number of benzene rings is 2. The summed E-state index contributed by atoms with van der Waals surface area (Å²) in [4.78, 5) is 39.4. The van der Waals surface area contributed by atoms with Crippen LogP contribution < -0.4 is 0 Å². The van der Waals surface area contributed by atoms with E-state index in [0.29, 0.717) is 37.4 Å². The van der Waals surface area contributed by atoms with E-state index in [0.717, 1.165) is 12.0 Å². The minimum atomic E-state index is -0.839. The maximum Gasteiger partial charge on any atom is 0.317 e. The quantitative estimate of drug-likeness (QED) is 0.488. The molecule has 2 aromatic rings. The molecule has 0 aliphatic carbocycles. The molecule has 164 valence electrons. The third kappa shape index (κ3) is 5.04. The van der Waals surface area contributed by atoms with Gasteiger partial charge in [0.2, 0.25) is 5.91 Å². The van der Waals surface area contributed by atoms with Gasteiger partial charge in [0.15, 0.2) is 12.4 Å². The standard InChI is InChI=1S/C26H31NO4/c1-4-19(2)21-10-12-22(13-11-21)24(29)18-31-25(30)26(23-8-6-5-7-9-23)14-16-27(17-15-26)20(3)28/h5-13,19H,4,14-18H2,1-3H3/t19-/m0/s1. The molecule has 5 nitrogen and oxygen atoms in total. The number of hydrogen-bond acceptors (Lipinski definition) is 4. The predicted octanol–water partition coefficient (Wildman–Crippen LogP) is 4.51. The van der Waals surface area contributed by atoms with E-state index in [2.05, 4.69) is 13.8 Å². The van der Waals surface area contributed by atoms with Crippen molar-refractivity contribution in [3.63, 3.8) is 0 Å². The second-order valence-corrected chi connectivity index (χ2v) is 8.38. The van der Waals surface area contributed by atoms with Crippen molar-refractivity contribution in [1.29, 1.82) is 0 Å². The van der Waals surface area contributed by atoms with Crippen LogP contribution in [0.2, 0.25) is 0 Å². The molecule has 1 amide bonds. The molecule has 2 aromatic carbocycles. The van der Waals surface area contributed by atoms with E-state index in [1.807, 2.05) is 42.5 Å². The average molecular weight is 422 g/mol. The topological polar surface area (TPSA) is 63.7 Å². The van der Waals surface area contributed by atoms with Gasteiger partial charge in [-0.1, -0.05) is 68.4 Å². The SMILES string of the molecule is CC[C@H](C)c1ccc(C(=O)COC(=O)C2(c3ccccc3)CCN(C(C)=O)CC2)cc1. The van der Waals surface area contributed by atoms with Crippen LogP contribution in [0.25, 0.3) is 0 Å². The lowest BCUT2D eigenvalue weighted by atomic mass is 9.72. The number of carbonyl (C=O) groups excluding carboxylic acids is 3. The molecule has 1 fully saturated rings.